The molecule has 0 bridgehead atoms. The van der Waals surface area contributed by atoms with Gasteiger partial charge in [0.05, 0.1) is 6.26 Å². The summed E-state index contributed by atoms with van der Waals surface area (Å²) in [6.07, 6.45) is 2.58. The Morgan fingerprint density at radius 3 is 2.88 bits per heavy atom. The van der Waals surface area contributed by atoms with Crippen LogP contribution in [0.15, 0.2) is 16.7 Å². The third kappa shape index (κ3) is 2.36. The van der Waals surface area contributed by atoms with E-state index in [1.54, 1.807) is 6.26 Å². The highest BCUT2D eigenvalue weighted by Crippen LogP contribution is 2.20. The number of piperidine rings is 1. The van der Waals surface area contributed by atoms with Crippen LogP contribution in [0, 0.1) is 12.8 Å². The number of carbonyl (C=O) groups excluding carboxylic acids is 1. The average Bonchev–Trinajstić information content (AvgIpc) is 2.74. The topological polar surface area (TPSA) is 45.5 Å². The normalized spacial score (nSPS) is 25.0. The van der Waals surface area contributed by atoms with Crippen molar-refractivity contribution in [1.82, 2.24) is 10.2 Å². The largest absolute Gasteiger partial charge is 0.459 e. The molecule has 2 heterocycles. The smallest absolute Gasteiger partial charge is 0.289 e. The summed E-state index contributed by atoms with van der Waals surface area (Å²) in [6, 6.07) is 2.34. The summed E-state index contributed by atoms with van der Waals surface area (Å²) < 4.78 is 5.26. The van der Waals surface area contributed by atoms with Crippen molar-refractivity contribution in [1.29, 1.82) is 0 Å². The van der Waals surface area contributed by atoms with Crippen molar-refractivity contribution in [3.63, 3.8) is 0 Å². The second-order valence-corrected chi connectivity index (χ2v) is 4.85. The minimum absolute atomic E-state index is 0.0221. The van der Waals surface area contributed by atoms with Gasteiger partial charge in [0.1, 0.15) is 0 Å². The van der Waals surface area contributed by atoms with E-state index in [4.69, 9.17) is 4.42 Å². The maximum atomic E-state index is 12.2. The number of likely N-dealkylation sites (tertiary alicyclic amines) is 1. The van der Waals surface area contributed by atoms with E-state index in [0.29, 0.717) is 17.7 Å². The van der Waals surface area contributed by atoms with Crippen molar-refractivity contribution in [2.75, 3.05) is 20.1 Å². The molecular formula is C13H20N2O2. The Labute approximate surface area is 102 Å². The van der Waals surface area contributed by atoms with E-state index in [2.05, 4.69) is 12.2 Å². The molecule has 0 radical (unpaired) electrons. The van der Waals surface area contributed by atoms with Crippen LogP contribution in [0.2, 0.25) is 0 Å². The molecule has 2 rings (SSSR count). The van der Waals surface area contributed by atoms with E-state index < -0.39 is 0 Å². The van der Waals surface area contributed by atoms with Crippen LogP contribution in [-0.2, 0) is 0 Å². The zero-order valence-corrected chi connectivity index (χ0v) is 10.7. The van der Waals surface area contributed by atoms with Crippen molar-refractivity contribution in [3.05, 3.63) is 23.7 Å². The fraction of sp³-hybridized carbons (Fsp3) is 0.615. The van der Waals surface area contributed by atoms with Gasteiger partial charge in [0.25, 0.3) is 5.91 Å². The molecule has 1 aliphatic heterocycles. The Morgan fingerprint density at radius 1 is 1.59 bits per heavy atom. The maximum Gasteiger partial charge on any atom is 0.289 e. The minimum atomic E-state index is 0.0221. The van der Waals surface area contributed by atoms with Crippen LogP contribution in [0.3, 0.4) is 0 Å². The molecule has 4 nitrogen and oxygen atoms in total. The summed E-state index contributed by atoms with van der Waals surface area (Å²) in [5.74, 6) is 0.988. The number of amides is 1. The zero-order valence-electron chi connectivity index (χ0n) is 10.7. The number of hydrogen-bond donors (Lipinski definition) is 1. The van der Waals surface area contributed by atoms with Gasteiger partial charge in [-0.05, 0) is 32.4 Å². The van der Waals surface area contributed by atoms with Gasteiger partial charge in [0.2, 0.25) is 0 Å². The first-order valence-corrected chi connectivity index (χ1v) is 6.14. The van der Waals surface area contributed by atoms with Crippen LogP contribution in [0.4, 0.5) is 0 Å². The van der Waals surface area contributed by atoms with Crippen LogP contribution in [0.1, 0.15) is 29.5 Å². The Kier molecular flexibility index (Phi) is 3.52. The van der Waals surface area contributed by atoms with Crippen LogP contribution in [-0.4, -0.2) is 37.0 Å². The molecule has 1 N–H and O–H groups in total. The van der Waals surface area contributed by atoms with E-state index in [1.807, 2.05) is 24.9 Å². The number of furan rings is 1. The van der Waals surface area contributed by atoms with Crippen molar-refractivity contribution in [2.45, 2.75) is 26.3 Å². The highest BCUT2D eigenvalue weighted by atomic mass is 16.3. The van der Waals surface area contributed by atoms with E-state index in [1.165, 1.54) is 0 Å². The summed E-state index contributed by atoms with van der Waals surface area (Å²) >= 11 is 0. The van der Waals surface area contributed by atoms with Crippen molar-refractivity contribution >= 4 is 5.91 Å². The Morgan fingerprint density at radius 2 is 2.35 bits per heavy atom. The lowest BCUT2D eigenvalue weighted by atomic mass is 9.94. The number of rotatable bonds is 2. The Balaban J connectivity index is 2.05. The second-order valence-electron chi connectivity index (χ2n) is 4.85. The van der Waals surface area contributed by atoms with E-state index in [0.717, 1.165) is 25.1 Å². The summed E-state index contributed by atoms with van der Waals surface area (Å²) in [5.41, 5.74) is 0.915. The van der Waals surface area contributed by atoms with Gasteiger partial charge in [0.15, 0.2) is 5.76 Å². The molecule has 94 valence electrons. The lowest BCUT2D eigenvalue weighted by Crippen LogP contribution is -2.49. The predicted molar refractivity (Wildman–Crippen MR) is 66.0 cm³/mol. The van der Waals surface area contributed by atoms with E-state index in [-0.39, 0.29) is 5.91 Å². The molecule has 4 heteroatoms. The number of aryl methyl sites for hydroxylation is 1. The minimum Gasteiger partial charge on any atom is -0.459 e. The maximum absolute atomic E-state index is 12.2. The van der Waals surface area contributed by atoms with Crippen LogP contribution in [0.5, 0.6) is 0 Å². The molecule has 1 aromatic rings. The zero-order chi connectivity index (χ0) is 12.4. The van der Waals surface area contributed by atoms with Gasteiger partial charge in [-0.25, -0.2) is 0 Å². The van der Waals surface area contributed by atoms with Crippen LogP contribution < -0.4 is 5.32 Å². The average molecular weight is 236 g/mol. The molecule has 2 atom stereocenters. The molecule has 0 aromatic carbocycles. The predicted octanol–water partition coefficient (Wildman–Crippen LogP) is 1.66. The van der Waals surface area contributed by atoms with Crippen molar-refractivity contribution in [3.8, 4) is 0 Å². The van der Waals surface area contributed by atoms with Gasteiger partial charge in [-0.3, -0.25) is 4.79 Å². The number of nitrogens with zero attached hydrogens (tertiary/aromatic N) is 1. The third-order valence-electron chi connectivity index (χ3n) is 3.62. The molecule has 1 amide bonds. The third-order valence-corrected chi connectivity index (χ3v) is 3.62. The van der Waals surface area contributed by atoms with E-state index >= 15 is 0 Å². The standard InChI is InChI=1S/C13H20N2O2/c1-9-5-7-17-12(9)13(16)15-6-4-11(14-3)10(2)8-15/h5,7,10-11,14H,4,6,8H2,1-3H3. The van der Waals surface area contributed by atoms with Crippen molar-refractivity contribution < 1.29 is 9.21 Å². The van der Waals surface area contributed by atoms with Crippen LogP contribution in [0.25, 0.3) is 0 Å². The summed E-state index contributed by atoms with van der Waals surface area (Å²) in [6.45, 7) is 5.68. The first-order valence-electron chi connectivity index (χ1n) is 6.14. The lowest BCUT2D eigenvalue weighted by Gasteiger charge is -2.36. The highest BCUT2D eigenvalue weighted by molar-refractivity contribution is 5.92. The van der Waals surface area contributed by atoms with Gasteiger partial charge >= 0.3 is 0 Å². The second kappa shape index (κ2) is 4.92. The lowest BCUT2D eigenvalue weighted by molar-refractivity contribution is 0.0616. The van der Waals surface area contributed by atoms with Gasteiger partial charge in [-0.2, -0.15) is 0 Å². The Hall–Kier alpha value is -1.29. The molecule has 1 saturated heterocycles. The summed E-state index contributed by atoms with van der Waals surface area (Å²) in [4.78, 5) is 14.1. The number of nitrogens with one attached hydrogen (secondary N) is 1. The molecule has 17 heavy (non-hydrogen) atoms. The first-order chi connectivity index (χ1) is 8.13. The van der Waals surface area contributed by atoms with Crippen molar-refractivity contribution in [2.24, 2.45) is 5.92 Å². The summed E-state index contributed by atoms with van der Waals surface area (Å²) in [7, 11) is 1.98. The van der Waals surface area contributed by atoms with Gasteiger partial charge in [0, 0.05) is 24.7 Å². The van der Waals surface area contributed by atoms with E-state index in [9.17, 15) is 4.79 Å². The van der Waals surface area contributed by atoms with Gasteiger partial charge < -0.3 is 14.6 Å². The molecule has 1 fully saturated rings. The monoisotopic (exact) mass is 236 g/mol. The first kappa shape index (κ1) is 12.2. The fourth-order valence-electron chi connectivity index (χ4n) is 2.49. The molecule has 0 spiro atoms. The molecular weight excluding hydrogens is 216 g/mol. The number of carbonyl (C=O) groups is 1. The SMILES string of the molecule is CNC1CCN(C(=O)c2occc2C)CC1C. The number of hydrogen-bond acceptors (Lipinski definition) is 3. The molecule has 2 unspecified atom stereocenters. The van der Waals surface area contributed by atoms with Crippen LogP contribution >= 0.6 is 0 Å². The van der Waals surface area contributed by atoms with Gasteiger partial charge in [-0.15, -0.1) is 0 Å². The molecule has 1 aliphatic rings. The molecule has 1 aromatic heterocycles. The quantitative estimate of drug-likeness (QED) is 0.849. The molecule has 0 saturated carbocycles. The fourth-order valence-corrected chi connectivity index (χ4v) is 2.49. The summed E-state index contributed by atoms with van der Waals surface area (Å²) in [5, 5.41) is 3.30. The highest BCUT2D eigenvalue weighted by Gasteiger charge is 2.29. The molecule has 0 aliphatic carbocycles. The van der Waals surface area contributed by atoms with Gasteiger partial charge in [-0.1, -0.05) is 6.92 Å². The Bertz CT molecular complexity index is 400.